The summed E-state index contributed by atoms with van der Waals surface area (Å²) in [6.07, 6.45) is 0.986. The Kier molecular flexibility index (Phi) is 11.3. The number of carbonyl (C=O) groups excluding carboxylic acids is 1. The second-order valence-electron chi connectivity index (χ2n) is 5.83. The van der Waals surface area contributed by atoms with Crippen LogP contribution in [-0.2, 0) is 11.3 Å². The molecule has 0 radical (unpaired) electrons. The fourth-order valence-electron chi connectivity index (χ4n) is 1.81. The number of rotatable bonds is 6. The maximum Gasteiger partial charge on any atom is 0.241 e. The van der Waals surface area contributed by atoms with Gasteiger partial charge in [-0.15, -0.1) is 24.0 Å². The molecule has 1 atom stereocenters. The molecular formula is C17H28BrIN4O. The van der Waals surface area contributed by atoms with Gasteiger partial charge in [0.1, 0.15) is 0 Å². The van der Waals surface area contributed by atoms with E-state index in [-0.39, 0.29) is 36.4 Å². The van der Waals surface area contributed by atoms with E-state index in [1.165, 1.54) is 5.56 Å². The quantitative estimate of drug-likeness (QED) is 0.351. The summed E-state index contributed by atoms with van der Waals surface area (Å²) in [5, 5.41) is 6.43. The van der Waals surface area contributed by atoms with E-state index in [1.54, 1.807) is 19.0 Å². The number of likely N-dealkylation sites (N-methyl/N-ethyl adjacent to an activating group) is 1. The molecule has 5 nitrogen and oxygen atoms in total. The molecule has 0 spiro atoms. The molecule has 0 heterocycles. The third kappa shape index (κ3) is 8.32. The molecule has 1 aromatic carbocycles. The van der Waals surface area contributed by atoms with Gasteiger partial charge in [0.2, 0.25) is 5.91 Å². The third-order valence-electron chi connectivity index (χ3n) is 3.61. The van der Waals surface area contributed by atoms with Crippen LogP contribution in [0, 0.1) is 6.92 Å². The summed E-state index contributed by atoms with van der Waals surface area (Å²) in [6.45, 7) is 7.07. The normalized spacial score (nSPS) is 12.2. The van der Waals surface area contributed by atoms with Gasteiger partial charge in [-0.25, -0.2) is 4.99 Å². The number of nitrogens with one attached hydrogen (secondary N) is 2. The minimum atomic E-state index is 0. The Hall–Kier alpha value is -0.830. The first-order chi connectivity index (χ1) is 10.8. The molecule has 1 amide bonds. The Balaban J connectivity index is 0.00000529. The zero-order chi connectivity index (χ0) is 17.4. The maximum atomic E-state index is 11.7. The molecule has 0 bridgehead atoms. The van der Waals surface area contributed by atoms with Gasteiger partial charge in [0.15, 0.2) is 5.96 Å². The number of nitrogens with zero attached hydrogens (tertiary/aromatic N) is 2. The van der Waals surface area contributed by atoms with Gasteiger partial charge in [0, 0.05) is 24.6 Å². The van der Waals surface area contributed by atoms with Crippen LogP contribution in [0.4, 0.5) is 0 Å². The molecule has 1 unspecified atom stereocenters. The Morgan fingerprint density at radius 1 is 1.38 bits per heavy atom. The predicted molar refractivity (Wildman–Crippen MR) is 115 cm³/mol. The van der Waals surface area contributed by atoms with Gasteiger partial charge < -0.3 is 15.5 Å². The SMILES string of the molecule is CCC(C)NC(=NCc1ccc(Br)cc1C)NCC(=O)N(C)C.I. The van der Waals surface area contributed by atoms with E-state index >= 15 is 0 Å². The van der Waals surface area contributed by atoms with Crippen LogP contribution in [0.15, 0.2) is 27.7 Å². The van der Waals surface area contributed by atoms with Crippen molar-refractivity contribution >= 4 is 51.8 Å². The molecule has 7 heteroatoms. The van der Waals surface area contributed by atoms with Crippen molar-refractivity contribution in [3.63, 3.8) is 0 Å². The van der Waals surface area contributed by atoms with E-state index < -0.39 is 0 Å². The maximum absolute atomic E-state index is 11.7. The van der Waals surface area contributed by atoms with Gasteiger partial charge in [0.25, 0.3) is 0 Å². The molecule has 0 aliphatic carbocycles. The minimum absolute atomic E-state index is 0. The average Bonchev–Trinajstić information content (AvgIpc) is 2.50. The molecule has 0 saturated carbocycles. The summed E-state index contributed by atoms with van der Waals surface area (Å²) in [6, 6.07) is 6.45. The molecule has 0 aromatic heterocycles. The van der Waals surface area contributed by atoms with Crippen LogP contribution in [0.3, 0.4) is 0 Å². The van der Waals surface area contributed by atoms with Gasteiger partial charge in [-0.2, -0.15) is 0 Å². The molecule has 1 aromatic rings. The van der Waals surface area contributed by atoms with Crippen LogP contribution in [0.25, 0.3) is 0 Å². The summed E-state index contributed by atoms with van der Waals surface area (Å²) in [4.78, 5) is 17.9. The first-order valence-electron chi connectivity index (χ1n) is 7.83. The lowest BCUT2D eigenvalue weighted by atomic mass is 10.1. The second kappa shape index (κ2) is 11.7. The first kappa shape index (κ1) is 23.2. The van der Waals surface area contributed by atoms with E-state index in [1.807, 2.05) is 6.07 Å². The summed E-state index contributed by atoms with van der Waals surface area (Å²) < 4.78 is 1.07. The molecule has 0 fully saturated rings. The van der Waals surface area contributed by atoms with Crippen molar-refractivity contribution < 1.29 is 4.79 Å². The lowest BCUT2D eigenvalue weighted by molar-refractivity contribution is -0.127. The Morgan fingerprint density at radius 3 is 2.58 bits per heavy atom. The highest BCUT2D eigenvalue weighted by Crippen LogP contribution is 2.16. The number of hydrogen-bond donors (Lipinski definition) is 2. The number of benzene rings is 1. The van der Waals surface area contributed by atoms with E-state index in [9.17, 15) is 4.79 Å². The van der Waals surface area contributed by atoms with Crippen LogP contribution in [0.1, 0.15) is 31.4 Å². The molecule has 24 heavy (non-hydrogen) atoms. The Labute approximate surface area is 170 Å². The van der Waals surface area contributed by atoms with Crippen molar-refractivity contribution in [1.29, 1.82) is 0 Å². The lowest BCUT2D eigenvalue weighted by Crippen LogP contribution is -2.45. The highest BCUT2D eigenvalue weighted by Gasteiger charge is 2.08. The van der Waals surface area contributed by atoms with E-state index in [4.69, 9.17) is 0 Å². The number of carbonyl (C=O) groups is 1. The van der Waals surface area contributed by atoms with Crippen molar-refractivity contribution in [2.45, 2.75) is 39.8 Å². The summed E-state index contributed by atoms with van der Waals surface area (Å²) in [7, 11) is 3.49. The minimum Gasteiger partial charge on any atom is -0.354 e. The molecule has 0 saturated heterocycles. The Morgan fingerprint density at radius 2 is 2.04 bits per heavy atom. The summed E-state index contributed by atoms with van der Waals surface area (Å²) >= 11 is 3.47. The zero-order valence-electron chi connectivity index (χ0n) is 15.0. The monoisotopic (exact) mass is 510 g/mol. The number of aryl methyl sites for hydroxylation is 1. The van der Waals surface area contributed by atoms with Crippen molar-refractivity contribution in [3.8, 4) is 0 Å². The third-order valence-corrected chi connectivity index (χ3v) is 4.11. The van der Waals surface area contributed by atoms with Crippen molar-refractivity contribution in [2.24, 2.45) is 4.99 Å². The first-order valence-corrected chi connectivity index (χ1v) is 8.62. The number of hydrogen-bond acceptors (Lipinski definition) is 2. The van der Waals surface area contributed by atoms with E-state index in [2.05, 4.69) is 64.5 Å². The smallest absolute Gasteiger partial charge is 0.241 e. The fraction of sp³-hybridized carbons (Fsp3) is 0.529. The summed E-state index contributed by atoms with van der Waals surface area (Å²) in [5.41, 5.74) is 2.35. The number of amides is 1. The highest BCUT2D eigenvalue weighted by molar-refractivity contribution is 14.0. The standard InChI is InChI=1S/C17H27BrN4O.HI/c1-6-13(3)21-17(20-11-16(23)22(4)5)19-10-14-7-8-15(18)9-12(14)2;/h7-9,13H,6,10-11H2,1-5H3,(H2,19,20,21);1H. The molecule has 136 valence electrons. The van der Waals surface area contributed by atoms with Crippen LogP contribution >= 0.6 is 39.9 Å². The van der Waals surface area contributed by atoms with Gasteiger partial charge in [-0.05, 0) is 43.5 Å². The fourth-order valence-corrected chi connectivity index (χ4v) is 2.28. The predicted octanol–water partition coefficient (Wildman–Crippen LogP) is 3.30. The van der Waals surface area contributed by atoms with Crippen molar-refractivity contribution in [3.05, 3.63) is 33.8 Å². The van der Waals surface area contributed by atoms with Crippen LogP contribution in [0.5, 0.6) is 0 Å². The molecular weight excluding hydrogens is 483 g/mol. The molecule has 1 rings (SSSR count). The van der Waals surface area contributed by atoms with Crippen molar-refractivity contribution in [1.82, 2.24) is 15.5 Å². The Bertz CT molecular complexity index is 564. The van der Waals surface area contributed by atoms with Crippen molar-refractivity contribution in [2.75, 3.05) is 20.6 Å². The topological polar surface area (TPSA) is 56.7 Å². The van der Waals surface area contributed by atoms with Gasteiger partial charge in [-0.1, -0.05) is 28.9 Å². The molecule has 0 aliphatic heterocycles. The number of guanidine groups is 1. The molecule has 0 aliphatic rings. The number of halogens is 2. The van der Waals surface area contributed by atoms with E-state index in [0.717, 1.165) is 16.5 Å². The zero-order valence-corrected chi connectivity index (χ0v) is 18.9. The largest absolute Gasteiger partial charge is 0.354 e. The van der Waals surface area contributed by atoms with Crippen LogP contribution < -0.4 is 10.6 Å². The summed E-state index contributed by atoms with van der Waals surface area (Å²) in [5.74, 6) is 0.681. The highest BCUT2D eigenvalue weighted by atomic mass is 127. The van der Waals surface area contributed by atoms with Gasteiger partial charge >= 0.3 is 0 Å². The van der Waals surface area contributed by atoms with Gasteiger partial charge in [-0.3, -0.25) is 4.79 Å². The van der Waals surface area contributed by atoms with Gasteiger partial charge in [0.05, 0.1) is 13.1 Å². The second-order valence-corrected chi connectivity index (χ2v) is 6.75. The van der Waals surface area contributed by atoms with Crippen LogP contribution in [-0.4, -0.2) is 43.4 Å². The van der Waals surface area contributed by atoms with Crippen LogP contribution in [0.2, 0.25) is 0 Å². The number of aliphatic imine (C=N–C) groups is 1. The lowest BCUT2D eigenvalue weighted by Gasteiger charge is -2.18. The molecule has 2 N–H and O–H groups in total. The average molecular weight is 511 g/mol. The van der Waals surface area contributed by atoms with E-state index in [0.29, 0.717) is 18.5 Å².